The van der Waals surface area contributed by atoms with E-state index in [9.17, 15) is 0 Å². The van der Waals surface area contributed by atoms with Gasteiger partial charge in [-0.3, -0.25) is 0 Å². The van der Waals surface area contributed by atoms with Crippen molar-refractivity contribution in [1.29, 1.82) is 0 Å². The van der Waals surface area contributed by atoms with Gasteiger partial charge in [-0.2, -0.15) is 4.98 Å². The van der Waals surface area contributed by atoms with Crippen molar-refractivity contribution >= 4 is 23.2 Å². The van der Waals surface area contributed by atoms with E-state index in [0.717, 1.165) is 5.56 Å². The zero-order chi connectivity index (χ0) is 9.97. The normalized spacial score (nSPS) is 10.8. The van der Waals surface area contributed by atoms with Crippen molar-refractivity contribution < 1.29 is 4.52 Å². The minimum atomic E-state index is -0.754. The van der Waals surface area contributed by atoms with Gasteiger partial charge in [0.05, 0.1) is 0 Å². The minimum Gasteiger partial charge on any atom is -0.334 e. The van der Waals surface area contributed by atoms with Gasteiger partial charge in [-0.05, 0) is 12.1 Å². The molecule has 5 heteroatoms. The largest absolute Gasteiger partial charge is 0.334 e. The summed E-state index contributed by atoms with van der Waals surface area (Å²) in [5, 5.41) is 3.64. The van der Waals surface area contributed by atoms with E-state index < -0.39 is 4.84 Å². The number of halogens is 2. The molecule has 3 nitrogen and oxygen atoms in total. The van der Waals surface area contributed by atoms with Crippen molar-refractivity contribution in [3.63, 3.8) is 0 Å². The first-order chi connectivity index (χ1) is 6.77. The van der Waals surface area contributed by atoms with E-state index in [4.69, 9.17) is 27.7 Å². The molecule has 0 aliphatic rings. The highest BCUT2D eigenvalue weighted by molar-refractivity contribution is 6.43. The van der Waals surface area contributed by atoms with Crippen LogP contribution in [0.4, 0.5) is 0 Å². The van der Waals surface area contributed by atoms with Crippen LogP contribution in [-0.4, -0.2) is 10.1 Å². The summed E-state index contributed by atoms with van der Waals surface area (Å²) in [6.45, 7) is 0. The summed E-state index contributed by atoms with van der Waals surface area (Å²) in [4.78, 5) is 3.28. The van der Waals surface area contributed by atoms with Crippen LogP contribution in [0.25, 0.3) is 11.5 Å². The van der Waals surface area contributed by atoms with E-state index in [0.29, 0.717) is 5.89 Å². The lowest BCUT2D eigenvalue weighted by molar-refractivity contribution is 0.424. The summed E-state index contributed by atoms with van der Waals surface area (Å²) >= 11 is 11.2. The van der Waals surface area contributed by atoms with Gasteiger partial charge in [-0.15, -0.1) is 0 Å². The van der Waals surface area contributed by atoms with Crippen LogP contribution in [0, 0.1) is 0 Å². The van der Waals surface area contributed by atoms with Gasteiger partial charge in [0.15, 0.2) is 4.84 Å². The lowest BCUT2D eigenvalue weighted by atomic mass is 10.2. The first kappa shape index (κ1) is 9.49. The number of rotatable bonds is 2. The zero-order valence-electron chi connectivity index (χ0n) is 7.02. The molecule has 0 N–H and O–H groups in total. The SMILES string of the molecule is ClC(Cl)c1noc(-c2ccccc2)n1. The first-order valence-electron chi connectivity index (χ1n) is 3.94. The van der Waals surface area contributed by atoms with Gasteiger partial charge in [0.2, 0.25) is 5.82 Å². The Balaban J connectivity index is 2.34. The van der Waals surface area contributed by atoms with Gasteiger partial charge in [0.25, 0.3) is 5.89 Å². The molecule has 0 aliphatic heterocycles. The molecule has 72 valence electrons. The molecule has 0 aliphatic carbocycles. The highest BCUT2D eigenvalue weighted by Gasteiger charge is 2.13. The predicted octanol–water partition coefficient (Wildman–Crippen LogP) is 3.21. The molecule has 0 bridgehead atoms. The molecule has 0 spiro atoms. The van der Waals surface area contributed by atoms with E-state index in [1.54, 1.807) is 0 Å². The minimum absolute atomic E-state index is 0.284. The Morgan fingerprint density at radius 1 is 1.14 bits per heavy atom. The van der Waals surface area contributed by atoms with Gasteiger partial charge in [-0.25, -0.2) is 0 Å². The second-order valence-electron chi connectivity index (χ2n) is 2.62. The van der Waals surface area contributed by atoms with Crippen LogP contribution < -0.4 is 0 Å². The predicted molar refractivity (Wildman–Crippen MR) is 54.2 cm³/mol. The fraction of sp³-hybridized carbons (Fsp3) is 0.111. The Morgan fingerprint density at radius 2 is 1.86 bits per heavy atom. The highest BCUT2D eigenvalue weighted by Crippen LogP contribution is 2.24. The lowest BCUT2D eigenvalue weighted by Crippen LogP contribution is -1.83. The van der Waals surface area contributed by atoms with Crippen LogP contribution in [0.3, 0.4) is 0 Å². The first-order valence-corrected chi connectivity index (χ1v) is 4.82. The molecule has 0 amide bonds. The van der Waals surface area contributed by atoms with E-state index in [-0.39, 0.29) is 5.82 Å². The van der Waals surface area contributed by atoms with Gasteiger partial charge >= 0.3 is 0 Å². The molecule has 1 heterocycles. The molecule has 2 rings (SSSR count). The number of alkyl halides is 2. The number of nitrogens with zero attached hydrogens (tertiary/aromatic N) is 2. The number of aromatic nitrogens is 2. The number of hydrogen-bond acceptors (Lipinski definition) is 3. The second kappa shape index (κ2) is 3.98. The van der Waals surface area contributed by atoms with Gasteiger partial charge < -0.3 is 4.52 Å². The molecule has 0 saturated heterocycles. The fourth-order valence-electron chi connectivity index (χ4n) is 1.02. The molecule has 2 aromatic rings. The summed E-state index contributed by atoms with van der Waals surface area (Å²) in [6, 6.07) is 9.42. The molecular weight excluding hydrogens is 223 g/mol. The van der Waals surface area contributed by atoms with Crippen LogP contribution in [0.2, 0.25) is 0 Å². The molecule has 1 aromatic carbocycles. The van der Waals surface area contributed by atoms with Crippen LogP contribution in [0.15, 0.2) is 34.9 Å². The molecule has 1 aromatic heterocycles. The Morgan fingerprint density at radius 3 is 2.43 bits per heavy atom. The van der Waals surface area contributed by atoms with Gasteiger partial charge in [-0.1, -0.05) is 46.6 Å². The molecule has 0 unspecified atom stereocenters. The van der Waals surface area contributed by atoms with Crippen molar-refractivity contribution in [2.45, 2.75) is 4.84 Å². The third-order valence-corrected chi connectivity index (χ3v) is 2.05. The summed E-state index contributed by atoms with van der Waals surface area (Å²) in [6.07, 6.45) is 0. The van der Waals surface area contributed by atoms with Crippen molar-refractivity contribution in [2.75, 3.05) is 0 Å². The molecule has 0 atom stereocenters. The zero-order valence-corrected chi connectivity index (χ0v) is 8.53. The van der Waals surface area contributed by atoms with Crippen molar-refractivity contribution in [2.24, 2.45) is 0 Å². The Kier molecular flexibility index (Phi) is 2.70. The monoisotopic (exact) mass is 228 g/mol. The Hall–Kier alpha value is -1.06. The van der Waals surface area contributed by atoms with Crippen LogP contribution in [-0.2, 0) is 0 Å². The van der Waals surface area contributed by atoms with E-state index in [2.05, 4.69) is 10.1 Å². The van der Waals surface area contributed by atoms with E-state index in [1.165, 1.54) is 0 Å². The second-order valence-corrected chi connectivity index (χ2v) is 3.72. The standard InChI is InChI=1S/C9H6Cl2N2O/c10-7(11)8-12-9(14-13-8)6-4-2-1-3-5-6/h1-5,7H. The topological polar surface area (TPSA) is 38.9 Å². The summed E-state index contributed by atoms with van der Waals surface area (Å²) < 4.78 is 4.98. The number of hydrogen-bond donors (Lipinski definition) is 0. The smallest absolute Gasteiger partial charge is 0.258 e. The third-order valence-electron chi connectivity index (χ3n) is 1.66. The van der Waals surface area contributed by atoms with Crippen molar-refractivity contribution in [3.05, 3.63) is 36.2 Å². The van der Waals surface area contributed by atoms with E-state index >= 15 is 0 Å². The quantitative estimate of drug-likeness (QED) is 0.742. The Labute approximate surface area is 90.6 Å². The average Bonchev–Trinajstić information content (AvgIpc) is 2.68. The summed E-state index contributed by atoms with van der Waals surface area (Å²) in [7, 11) is 0. The molecular formula is C9H6Cl2N2O. The lowest BCUT2D eigenvalue weighted by Gasteiger charge is -1.90. The summed E-state index contributed by atoms with van der Waals surface area (Å²) in [5.74, 6) is 0.707. The molecule has 14 heavy (non-hydrogen) atoms. The fourth-order valence-corrected chi connectivity index (χ4v) is 1.20. The van der Waals surface area contributed by atoms with Crippen molar-refractivity contribution in [3.8, 4) is 11.5 Å². The average molecular weight is 229 g/mol. The molecule has 0 saturated carbocycles. The maximum absolute atomic E-state index is 5.58. The number of benzene rings is 1. The summed E-state index contributed by atoms with van der Waals surface area (Å²) in [5.41, 5.74) is 0.847. The maximum Gasteiger partial charge on any atom is 0.258 e. The van der Waals surface area contributed by atoms with Crippen LogP contribution in [0.5, 0.6) is 0 Å². The molecule has 0 radical (unpaired) electrons. The van der Waals surface area contributed by atoms with Crippen LogP contribution >= 0.6 is 23.2 Å². The Bertz CT molecular complexity index is 414. The third kappa shape index (κ3) is 1.89. The van der Waals surface area contributed by atoms with Gasteiger partial charge in [0.1, 0.15) is 0 Å². The van der Waals surface area contributed by atoms with Crippen LogP contribution in [0.1, 0.15) is 10.7 Å². The van der Waals surface area contributed by atoms with Gasteiger partial charge in [0, 0.05) is 5.56 Å². The highest BCUT2D eigenvalue weighted by atomic mass is 35.5. The maximum atomic E-state index is 5.58. The van der Waals surface area contributed by atoms with E-state index in [1.807, 2.05) is 30.3 Å². The van der Waals surface area contributed by atoms with Crippen molar-refractivity contribution in [1.82, 2.24) is 10.1 Å². The molecule has 0 fully saturated rings.